The zero-order valence-electron chi connectivity index (χ0n) is 16.6. The van der Waals surface area contributed by atoms with Crippen LogP contribution in [-0.4, -0.2) is 24.0 Å². The summed E-state index contributed by atoms with van der Waals surface area (Å²) in [5.74, 6) is -1.01. The molecule has 3 heterocycles. The summed E-state index contributed by atoms with van der Waals surface area (Å²) >= 11 is 1.05. The number of fused-ring (bicyclic) bond motifs is 2. The van der Waals surface area contributed by atoms with Gasteiger partial charge in [0.15, 0.2) is 10.6 Å². The second-order valence-corrected chi connectivity index (χ2v) is 8.04. The number of para-hydroxylation sites is 1. The second-order valence-electron chi connectivity index (χ2n) is 7.06. The van der Waals surface area contributed by atoms with Crippen LogP contribution in [0.5, 0.6) is 0 Å². The van der Waals surface area contributed by atoms with E-state index in [2.05, 4.69) is 4.98 Å². The maximum absolute atomic E-state index is 13.5. The van der Waals surface area contributed by atoms with E-state index < -0.39 is 17.9 Å². The number of anilines is 1. The Hall–Kier alpha value is -3.78. The summed E-state index contributed by atoms with van der Waals surface area (Å²) in [7, 11) is 1.29. The van der Waals surface area contributed by atoms with Crippen molar-refractivity contribution in [3.05, 3.63) is 92.3 Å². The van der Waals surface area contributed by atoms with Gasteiger partial charge in [0.05, 0.1) is 29.8 Å². The highest BCUT2D eigenvalue weighted by atomic mass is 32.1. The molecule has 0 N–H and O–H groups in total. The third kappa shape index (κ3) is 2.87. The number of carbonyl (C=O) groups is 2. The average Bonchev–Trinajstić information content (AvgIpc) is 3.31. The van der Waals surface area contributed by atoms with Crippen molar-refractivity contribution in [1.82, 2.24) is 4.98 Å². The molecule has 0 bridgehead atoms. The Kier molecular flexibility index (Phi) is 4.44. The normalized spacial score (nSPS) is 15.4. The van der Waals surface area contributed by atoms with Crippen LogP contribution in [0.15, 0.2) is 63.8 Å². The predicted molar refractivity (Wildman–Crippen MR) is 116 cm³/mol. The summed E-state index contributed by atoms with van der Waals surface area (Å²) in [5.41, 5.74) is 1.54. The molecule has 0 aliphatic carbocycles. The third-order valence-electron chi connectivity index (χ3n) is 5.26. The molecule has 0 unspecified atom stereocenters. The van der Waals surface area contributed by atoms with Gasteiger partial charge in [0, 0.05) is 0 Å². The molecule has 1 atom stereocenters. The van der Waals surface area contributed by atoms with E-state index in [9.17, 15) is 14.4 Å². The number of hydrogen-bond acceptors (Lipinski definition) is 7. The van der Waals surface area contributed by atoms with Gasteiger partial charge in [-0.3, -0.25) is 14.5 Å². The average molecular weight is 432 g/mol. The highest BCUT2D eigenvalue weighted by Gasteiger charge is 2.45. The summed E-state index contributed by atoms with van der Waals surface area (Å²) in [6, 6.07) is 15.3. The zero-order valence-corrected chi connectivity index (χ0v) is 17.4. The third-order valence-corrected chi connectivity index (χ3v) is 6.39. The fraction of sp³-hybridized carbons (Fsp3) is 0.130. The molecule has 7 nitrogen and oxygen atoms in total. The van der Waals surface area contributed by atoms with Gasteiger partial charge in [-0.25, -0.2) is 9.78 Å². The van der Waals surface area contributed by atoms with Crippen LogP contribution in [0, 0.1) is 6.92 Å². The Balaban J connectivity index is 1.78. The van der Waals surface area contributed by atoms with Gasteiger partial charge in [0.2, 0.25) is 5.76 Å². The second kappa shape index (κ2) is 7.17. The minimum atomic E-state index is -0.722. The standard InChI is InChI=1S/C23H16N2O5S/c1-12-20(22(28)29-2)31-23(24-12)25-17(13-8-4-3-5-9-13)16-18(26)14-10-6-7-11-15(14)30-19(16)21(25)27/h3-11,17H,1-2H3/t17-/m0/s1. The number of nitrogens with zero attached hydrogens (tertiary/aromatic N) is 2. The largest absolute Gasteiger partial charge is 0.465 e. The van der Waals surface area contributed by atoms with Gasteiger partial charge < -0.3 is 9.15 Å². The Morgan fingerprint density at radius 1 is 1.10 bits per heavy atom. The predicted octanol–water partition coefficient (Wildman–Crippen LogP) is 4.09. The van der Waals surface area contributed by atoms with Gasteiger partial charge in [-0.1, -0.05) is 53.8 Å². The lowest BCUT2D eigenvalue weighted by atomic mass is 9.99. The number of amides is 1. The lowest BCUT2D eigenvalue weighted by Gasteiger charge is -2.22. The first-order valence-electron chi connectivity index (χ1n) is 9.51. The summed E-state index contributed by atoms with van der Waals surface area (Å²) in [5, 5.41) is 0.703. The fourth-order valence-corrected chi connectivity index (χ4v) is 4.85. The monoisotopic (exact) mass is 432 g/mol. The SMILES string of the molecule is COC(=O)c1sc(N2C(=O)c3oc4ccccc4c(=O)c3[C@@H]2c2ccccc2)nc1C. The van der Waals surface area contributed by atoms with Crippen molar-refractivity contribution >= 4 is 39.3 Å². The van der Waals surface area contributed by atoms with Crippen LogP contribution in [0.2, 0.25) is 0 Å². The Bertz CT molecular complexity index is 1410. The van der Waals surface area contributed by atoms with E-state index in [4.69, 9.17) is 9.15 Å². The lowest BCUT2D eigenvalue weighted by molar-refractivity contribution is 0.0605. The molecule has 0 saturated carbocycles. The molecule has 8 heteroatoms. The van der Waals surface area contributed by atoms with Crippen molar-refractivity contribution in [3.63, 3.8) is 0 Å². The van der Waals surface area contributed by atoms with Crippen LogP contribution in [0.4, 0.5) is 5.13 Å². The van der Waals surface area contributed by atoms with Crippen LogP contribution in [-0.2, 0) is 4.74 Å². The van der Waals surface area contributed by atoms with Gasteiger partial charge in [-0.15, -0.1) is 0 Å². The van der Waals surface area contributed by atoms with Crippen LogP contribution < -0.4 is 10.3 Å². The number of rotatable bonds is 3. The number of hydrogen-bond donors (Lipinski definition) is 0. The summed E-state index contributed by atoms with van der Waals surface area (Å²) < 4.78 is 10.7. The highest BCUT2D eigenvalue weighted by Crippen LogP contribution is 2.43. The molecule has 5 rings (SSSR count). The molecular formula is C23H16N2O5S. The topological polar surface area (TPSA) is 89.7 Å². The quantitative estimate of drug-likeness (QED) is 0.453. The highest BCUT2D eigenvalue weighted by molar-refractivity contribution is 7.17. The maximum Gasteiger partial charge on any atom is 0.350 e. The number of methoxy groups -OCH3 is 1. The molecule has 31 heavy (non-hydrogen) atoms. The number of aryl methyl sites for hydroxylation is 1. The smallest absolute Gasteiger partial charge is 0.350 e. The van der Waals surface area contributed by atoms with Crippen LogP contribution in [0.25, 0.3) is 11.0 Å². The number of thiazole rings is 1. The summed E-state index contributed by atoms with van der Waals surface area (Å²) in [6.45, 7) is 1.68. The van der Waals surface area contributed by atoms with E-state index in [1.807, 2.05) is 30.3 Å². The minimum Gasteiger partial charge on any atom is -0.465 e. The lowest BCUT2D eigenvalue weighted by Crippen LogP contribution is -2.29. The first-order valence-corrected chi connectivity index (χ1v) is 10.3. The molecule has 1 amide bonds. The Morgan fingerprint density at radius 2 is 1.81 bits per heavy atom. The Labute approximate surface area is 180 Å². The molecule has 0 fully saturated rings. The molecular weight excluding hydrogens is 416 g/mol. The van der Waals surface area contributed by atoms with Gasteiger partial charge in [0.25, 0.3) is 5.91 Å². The number of aromatic nitrogens is 1. The molecule has 4 aromatic rings. The Morgan fingerprint density at radius 3 is 2.55 bits per heavy atom. The minimum absolute atomic E-state index is 0.00924. The molecule has 0 radical (unpaired) electrons. The number of esters is 1. The van der Waals surface area contributed by atoms with E-state index >= 15 is 0 Å². The molecule has 2 aromatic carbocycles. The molecule has 1 aliphatic heterocycles. The molecule has 154 valence electrons. The van der Waals surface area contributed by atoms with E-state index in [1.54, 1.807) is 31.2 Å². The van der Waals surface area contributed by atoms with Crippen molar-refractivity contribution in [3.8, 4) is 0 Å². The van der Waals surface area contributed by atoms with E-state index in [1.165, 1.54) is 12.0 Å². The van der Waals surface area contributed by atoms with Crippen molar-refractivity contribution in [2.45, 2.75) is 13.0 Å². The first kappa shape index (κ1) is 19.2. The van der Waals surface area contributed by atoms with Crippen LogP contribution in [0.3, 0.4) is 0 Å². The van der Waals surface area contributed by atoms with Gasteiger partial charge >= 0.3 is 5.97 Å². The van der Waals surface area contributed by atoms with Gasteiger partial charge in [-0.2, -0.15) is 0 Å². The fourth-order valence-electron chi connectivity index (χ4n) is 3.84. The van der Waals surface area contributed by atoms with Crippen LogP contribution in [0.1, 0.15) is 43.1 Å². The van der Waals surface area contributed by atoms with Crippen molar-refractivity contribution in [2.75, 3.05) is 12.0 Å². The first-order chi connectivity index (χ1) is 15.0. The van der Waals surface area contributed by atoms with Crippen molar-refractivity contribution in [1.29, 1.82) is 0 Å². The molecule has 1 aliphatic rings. The van der Waals surface area contributed by atoms with E-state index in [-0.39, 0.29) is 16.8 Å². The number of ether oxygens (including phenoxy) is 1. The molecule has 0 saturated heterocycles. The maximum atomic E-state index is 13.5. The number of carbonyl (C=O) groups excluding carboxylic acids is 2. The summed E-state index contributed by atoms with van der Waals surface area (Å²) in [6.07, 6.45) is 0. The molecule has 2 aromatic heterocycles. The number of benzene rings is 2. The summed E-state index contributed by atoms with van der Waals surface area (Å²) in [4.78, 5) is 45.2. The van der Waals surface area contributed by atoms with Crippen molar-refractivity contribution < 1.29 is 18.7 Å². The zero-order chi connectivity index (χ0) is 21.7. The van der Waals surface area contributed by atoms with E-state index in [0.29, 0.717) is 26.7 Å². The van der Waals surface area contributed by atoms with E-state index in [0.717, 1.165) is 16.9 Å². The molecule has 0 spiro atoms. The van der Waals surface area contributed by atoms with Gasteiger partial charge in [-0.05, 0) is 24.6 Å². The van der Waals surface area contributed by atoms with Crippen molar-refractivity contribution in [2.24, 2.45) is 0 Å². The van der Waals surface area contributed by atoms with Crippen LogP contribution >= 0.6 is 11.3 Å². The van der Waals surface area contributed by atoms with Gasteiger partial charge in [0.1, 0.15) is 10.5 Å².